The van der Waals surface area contributed by atoms with E-state index in [2.05, 4.69) is 4.72 Å². The van der Waals surface area contributed by atoms with Gasteiger partial charge in [0.05, 0.1) is 30.0 Å². The highest BCUT2D eigenvalue weighted by Crippen LogP contribution is 2.20. The molecule has 0 bridgehead atoms. The molecule has 0 fully saturated rings. The van der Waals surface area contributed by atoms with Gasteiger partial charge >= 0.3 is 0 Å². The molecule has 3 rings (SSSR count). The van der Waals surface area contributed by atoms with Crippen molar-refractivity contribution in [2.75, 3.05) is 25.0 Å². The normalized spacial score (nSPS) is 11.3. The summed E-state index contributed by atoms with van der Waals surface area (Å²) in [7, 11) is -2.56. The van der Waals surface area contributed by atoms with Crippen LogP contribution in [0.15, 0.2) is 76.2 Å². The van der Waals surface area contributed by atoms with Crippen LogP contribution in [0.3, 0.4) is 0 Å². The fourth-order valence-corrected chi connectivity index (χ4v) is 3.88. The summed E-state index contributed by atoms with van der Waals surface area (Å²) in [5, 5.41) is 0. The summed E-state index contributed by atoms with van der Waals surface area (Å²) in [6, 6.07) is 14.5. The molecule has 0 saturated heterocycles. The van der Waals surface area contributed by atoms with Gasteiger partial charge in [-0.2, -0.15) is 0 Å². The molecule has 1 amide bonds. The summed E-state index contributed by atoms with van der Waals surface area (Å²) in [5.74, 6) is -0.492. The van der Waals surface area contributed by atoms with Crippen molar-refractivity contribution in [3.05, 3.63) is 84.1 Å². The van der Waals surface area contributed by atoms with Crippen molar-refractivity contribution in [2.45, 2.75) is 11.4 Å². The van der Waals surface area contributed by atoms with Crippen molar-refractivity contribution in [1.29, 1.82) is 0 Å². The highest BCUT2D eigenvalue weighted by Gasteiger charge is 2.21. The van der Waals surface area contributed by atoms with Crippen LogP contribution in [-0.4, -0.2) is 39.5 Å². The highest BCUT2D eigenvalue weighted by atomic mass is 32.2. The Labute approximate surface area is 174 Å². The number of carbonyl (C=O) groups excluding carboxylic acids is 1. The van der Waals surface area contributed by atoms with Crippen LogP contribution in [0.5, 0.6) is 0 Å². The van der Waals surface area contributed by atoms with Crippen LogP contribution in [-0.2, 0) is 21.3 Å². The Bertz CT molecular complexity index is 1100. The van der Waals surface area contributed by atoms with Crippen LogP contribution >= 0.6 is 0 Å². The van der Waals surface area contributed by atoms with Gasteiger partial charge in [0.15, 0.2) is 0 Å². The van der Waals surface area contributed by atoms with Crippen LogP contribution < -0.4 is 4.72 Å². The fourth-order valence-electron chi connectivity index (χ4n) is 2.77. The third-order valence-electron chi connectivity index (χ3n) is 4.29. The second-order valence-electron chi connectivity index (χ2n) is 6.41. The van der Waals surface area contributed by atoms with E-state index in [4.69, 9.17) is 9.15 Å². The SMILES string of the molecule is COCCN(Cc1ccco1)C(=O)c1cccc(S(=O)(=O)Nc2ccccc2F)c1. The third kappa shape index (κ3) is 5.25. The Kier molecular flexibility index (Phi) is 6.86. The van der Waals surface area contributed by atoms with Gasteiger partial charge in [0.1, 0.15) is 11.6 Å². The van der Waals surface area contributed by atoms with E-state index in [9.17, 15) is 17.6 Å². The van der Waals surface area contributed by atoms with Gasteiger partial charge in [-0.25, -0.2) is 12.8 Å². The number of methoxy groups -OCH3 is 1. The van der Waals surface area contributed by atoms with Gasteiger partial charge in [0, 0.05) is 19.2 Å². The molecule has 0 aliphatic rings. The first-order valence-corrected chi connectivity index (χ1v) is 10.6. The molecule has 0 aliphatic heterocycles. The molecule has 0 spiro atoms. The average molecular weight is 432 g/mol. The summed E-state index contributed by atoms with van der Waals surface area (Å²) < 4.78 is 51.8. The third-order valence-corrected chi connectivity index (χ3v) is 5.65. The molecule has 1 N–H and O–H groups in total. The maximum atomic E-state index is 13.8. The number of carbonyl (C=O) groups is 1. The molecule has 0 saturated carbocycles. The Hall–Kier alpha value is -3.17. The predicted octanol–water partition coefficient (Wildman–Crippen LogP) is 3.51. The summed E-state index contributed by atoms with van der Waals surface area (Å²) in [5.41, 5.74) is 0.00263. The molecule has 2 aromatic carbocycles. The lowest BCUT2D eigenvalue weighted by molar-refractivity contribution is 0.0666. The van der Waals surface area contributed by atoms with Gasteiger partial charge in [-0.3, -0.25) is 9.52 Å². The van der Waals surface area contributed by atoms with E-state index in [1.807, 2.05) is 0 Å². The van der Waals surface area contributed by atoms with E-state index in [0.717, 1.165) is 6.07 Å². The number of hydrogen-bond acceptors (Lipinski definition) is 5. The van der Waals surface area contributed by atoms with Crippen molar-refractivity contribution in [3.8, 4) is 0 Å². The van der Waals surface area contributed by atoms with Crippen LogP contribution in [0.25, 0.3) is 0 Å². The smallest absolute Gasteiger partial charge is 0.262 e. The van der Waals surface area contributed by atoms with Crippen molar-refractivity contribution in [1.82, 2.24) is 4.90 Å². The van der Waals surface area contributed by atoms with Crippen molar-refractivity contribution >= 4 is 21.6 Å². The van der Waals surface area contributed by atoms with E-state index in [1.165, 1.54) is 60.7 Å². The lowest BCUT2D eigenvalue weighted by Crippen LogP contribution is -2.33. The summed E-state index contributed by atoms with van der Waals surface area (Å²) in [4.78, 5) is 14.4. The van der Waals surface area contributed by atoms with Gasteiger partial charge in [0.25, 0.3) is 15.9 Å². The number of sulfonamides is 1. The Morgan fingerprint density at radius 3 is 2.63 bits per heavy atom. The highest BCUT2D eigenvalue weighted by molar-refractivity contribution is 7.92. The van der Waals surface area contributed by atoms with E-state index in [1.54, 1.807) is 12.1 Å². The number of anilines is 1. The summed E-state index contributed by atoms with van der Waals surface area (Å²) >= 11 is 0. The minimum atomic E-state index is -4.09. The zero-order valence-corrected chi connectivity index (χ0v) is 17.1. The average Bonchev–Trinajstić information content (AvgIpc) is 3.25. The van der Waals surface area contributed by atoms with Crippen LogP contribution in [0.1, 0.15) is 16.1 Å². The number of para-hydroxylation sites is 1. The maximum Gasteiger partial charge on any atom is 0.262 e. The van der Waals surface area contributed by atoms with Gasteiger partial charge in [-0.15, -0.1) is 0 Å². The monoisotopic (exact) mass is 432 g/mol. The van der Waals surface area contributed by atoms with Crippen molar-refractivity contribution < 1.29 is 26.8 Å². The molecule has 1 heterocycles. The first kappa shape index (κ1) is 21.5. The minimum Gasteiger partial charge on any atom is -0.467 e. The Balaban J connectivity index is 1.85. The molecule has 0 atom stereocenters. The van der Waals surface area contributed by atoms with Gasteiger partial charge < -0.3 is 14.1 Å². The molecule has 0 unspecified atom stereocenters. The number of rotatable bonds is 9. The maximum absolute atomic E-state index is 13.8. The van der Waals surface area contributed by atoms with Crippen LogP contribution in [0, 0.1) is 5.82 Å². The molecule has 0 aliphatic carbocycles. The Morgan fingerprint density at radius 1 is 1.13 bits per heavy atom. The number of nitrogens with zero attached hydrogens (tertiary/aromatic N) is 1. The van der Waals surface area contributed by atoms with E-state index < -0.39 is 15.8 Å². The van der Waals surface area contributed by atoms with Crippen LogP contribution in [0.4, 0.5) is 10.1 Å². The Morgan fingerprint density at radius 2 is 1.93 bits per heavy atom. The zero-order valence-electron chi connectivity index (χ0n) is 16.2. The molecule has 0 radical (unpaired) electrons. The van der Waals surface area contributed by atoms with Gasteiger partial charge in [0.2, 0.25) is 0 Å². The summed E-state index contributed by atoms with van der Waals surface area (Å²) in [6.45, 7) is 0.805. The number of ether oxygens (including phenoxy) is 1. The number of benzene rings is 2. The number of amides is 1. The van der Waals surface area contributed by atoms with Crippen molar-refractivity contribution in [3.63, 3.8) is 0 Å². The van der Waals surface area contributed by atoms with Crippen LogP contribution in [0.2, 0.25) is 0 Å². The second-order valence-corrected chi connectivity index (χ2v) is 8.09. The largest absolute Gasteiger partial charge is 0.467 e. The van der Waals surface area contributed by atoms with E-state index in [0.29, 0.717) is 18.9 Å². The molecule has 30 heavy (non-hydrogen) atoms. The lowest BCUT2D eigenvalue weighted by Gasteiger charge is -2.21. The zero-order chi connectivity index (χ0) is 21.6. The number of halogens is 1. The van der Waals surface area contributed by atoms with E-state index in [-0.39, 0.29) is 28.6 Å². The number of furan rings is 1. The molecular formula is C21H21FN2O5S. The first-order chi connectivity index (χ1) is 14.4. The molecule has 3 aromatic rings. The standard InChI is InChI=1S/C21H21FN2O5S/c1-28-13-11-24(15-17-7-5-12-29-17)21(25)16-6-4-8-18(14-16)30(26,27)23-20-10-3-2-9-19(20)22/h2-10,12,14,23H,11,13,15H2,1H3. The van der Waals surface area contributed by atoms with Gasteiger partial charge in [-0.05, 0) is 42.5 Å². The quantitative estimate of drug-likeness (QED) is 0.559. The molecule has 1 aromatic heterocycles. The van der Waals surface area contributed by atoms with E-state index >= 15 is 0 Å². The van der Waals surface area contributed by atoms with Crippen molar-refractivity contribution in [2.24, 2.45) is 0 Å². The second kappa shape index (κ2) is 9.55. The molecule has 9 heteroatoms. The predicted molar refractivity (Wildman–Crippen MR) is 109 cm³/mol. The molecule has 7 nitrogen and oxygen atoms in total. The van der Waals surface area contributed by atoms with Gasteiger partial charge in [-0.1, -0.05) is 18.2 Å². The minimum absolute atomic E-state index is 0.152. The topological polar surface area (TPSA) is 88.8 Å². The number of nitrogens with one attached hydrogen (secondary N) is 1. The lowest BCUT2D eigenvalue weighted by atomic mass is 10.2. The fraction of sp³-hybridized carbons (Fsp3) is 0.190. The summed E-state index contributed by atoms with van der Waals surface area (Å²) in [6.07, 6.45) is 1.51. The molecule has 158 valence electrons. The molecular weight excluding hydrogens is 411 g/mol. The first-order valence-electron chi connectivity index (χ1n) is 9.09. The number of hydrogen-bond donors (Lipinski definition) is 1.